The molecule has 22 heavy (non-hydrogen) atoms. The molecule has 0 unspecified atom stereocenters. The molecule has 1 aromatic rings. The summed E-state index contributed by atoms with van der Waals surface area (Å²) < 4.78 is 0. The second kappa shape index (κ2) is 10.1. The van der Waals surface area contributed by atoms with Crippen molar-refractivity contribution in [2.45, 2.75) is 26.3 Å². The summed E-state index contributed by atoms with van der Waals surface area (Å²) in [4.78, 5) is 14.0. The molecule has 1 aliphatic rings. The van der Waals surface area contributed by atoms with Gasteiger partial charge in [0.2, 0.25) is 5.91 Å². The van der Waals surface area contributed by atoms with Crippen molar-refractivity contribution in [3.63, 3.8) is 0 Å². The Kier molecular flexibility index (Phi) is 9.69. The van der Waals surface area contributed by atoms with Crippen LogP contribution in [0, 0.1) is 12.8 Å². The van der Waals surface area contributed by atoms with Crippen molar-refractivity contribution in [1.29, 1.82) is 0 Å². The molecule has 2 rings (SSSR count). The van der Waals surface area contributed by atoms with Crippen molar-refractivity contribution in [1.82, 2.24) is 10.2 Å². The number of nitrogens with one attached hydrogen (secondary N) is 2. The van der Waals surface area contributed by atoms with Gasteiger partial charge in [-0.1, -0.05) is 12.1 Å². The lowest BCUT2D eigenvalue weighted by Gasteiger charge is -2.14. The molecule has 4 nitrogen and oxygen atoms in total. The van der Waals surface area contributed by atoms with Gasteiger partial charge < -0.3 is 15.5 Å². The minimum absolute atomic E-state index is 0. The van der Waals surface area contributed by atoms with Crippen LogP contribution >= 0.6 is 24.8 Å². The highest BCUT2D eigenvalue weighted by molar-refractivity contribution is 5.93. The summed E-state index contributed by atoms with van der Waals surface area (Å²) in [5.41, 5.74) is 3.23. The Morgan fingerprint density at radius 2 is 1.95 bits per heavy atom. The first-order chi connectivity index (χ1) is 9.54. The van der Waals surface area contributed by atoms with Crippen molar-refractivity contribution in [3.8, 4) is 0 Å². The number of aryl methyl sites for hydroxylation is 1. The predicted octanol–water partition coefficient (Wildman–Crippen LogP) is 2.84. The van der Waals surface area contributed by atoms with Gasteiger partial charge in [0.25, 0.3) is 0 Å². The molecule has 0 bridgehead atoms. The van der Waals surface area contributed by atoms with Gasteiger partial charge in [-0.3, -0.25) is 4.79 Å². The first kappa shape index (κ1) is 21.2. The van der Waals surface area contributed by atoms with Gasteiger partial charge in [0.1, 0.15) is 0 Å². The lowest BCUT2D eigenvalue weighted by molar-refractivity contribution is -0.115. The number of benzene rings is 1. The lowest BCUT2D eigenvalue weighted by atomic mass is 10.1. The largest absolute Gasteiger partial charge is 0.325 e. The number of hydrogen-bond donors (Lipinski definition) is 2. The fourth-order valence-corrected chi connectivity index (χ4v) is 2.17. The summed E-state index contributed by atoms with van der Waals surface area (Å²) in [6, 6.07) is 6.23. The SMILES string of the molecule is Cc1ccc(CN(C)C)cc1NC(=O)CNCC1CC1.Cl.Cl. The molecule has 0 heterocycles. The van der Waals surface area contributed by atoms with Gasteiger partial charge in [0, 0.05) is 12.2 Å². The van der Waals surface area contributed by atoms with Crippen LogP contribution in [0.5, 0.6) is 0 Å². The number of hydrogen-bond acceptors (Lipinski definition) is 3. The molecule has 1 amide bonds. The quantitative estimate of drug-likeness (QED) is 0.796. The molecule has 0 aromatic heterocycles. The van der Waals surface area contributed by atoms with Gasteiger partial charge in [-0.25, -0.2) is 0 Å². The highest BCUT2D eigenvalue weighted by atomic mass is 35.5. The molecule has 0 radical (unpaired) electrons. The standard InChI is InChI=1S/C16H25N3O.2ClH/c1-12-4-5-14(11-19(2)3)8-15(12)18-16(20)10-17-9-13-6-7-13;;/h4-5,8,13,17H,6-7,9-11H2,1-3H3,(H,18,20);2*1H. The Bertz CT molecular complexity index is 476. The molecule has 0 aliphatic heterocycles. The zero-order chi connectivity index (χ0) is 14.5. The van der Waals surface area contributed by atoms with Gasteiger partial charge in [0.05, 0.1) is 6.54 Å². The van der Waals surface area contributed by atoms with Crippen molar-refractivity contribution in [2.24, 2.45) is 5.92 Å². The third-order valence-electron chi connectivity index (χ3n) is 3.49. The minimum atomic E-state index is 0. The summed E-state index contributed by atoms with van der Waals surface area (Å²) in [6.07, 6.45) is 2.61. The van der Waals surface area contributed by atoms with E-state index < -0.39 is 0 Å². The third-order valence-corrected chi connectivity index (χ3v) is 3.49. The van der Waals surface area contributed by atoms with Crippen molar-refractivity contribution in [2.75, 3.05) is 32.5 Å². The molecule has 1 aromatic carbocycles. The van der Waals surface area contributed by atoms with Crippen molar-refractivity contribution >= 4 is 36.4 Å². The van der Waals surface area contributed by atoms with Gasteiger partial charge in [0.15, 0.2) is 0 Å². The molecule has 2 N–H and O–H groups in total. The summed E-state index contributed by atoms with van der Waals surface area (Å²) in [5, 5.41) is 6.21. The fourth-order valence-electron chi connectivity index (χ4n) is 2.17. The summed E-state index contributed by atoms with van der Waals surface area (Å²) in [6.45, 7) is 4.26. The highest BCUT2D eigenvalue weighted by Crippen LogP contribution is 2.27. The van der Waals surface area contributed by atoms with Crippen molar-refractivity contribution < 1.29 is 4.79 Å². The number of carbonyl (C=O) groups is 1. The Morgan fingerprint density at radius 3 is 2.55 bits per heavy atom. The van der Waals surface area contributed by atoms with E-state index in [-0.39, 0.29) is 30.7 Å². The molecule has 126 valence electrons. The molecule has 0 saturated heterocycles. The second-order valence-electron chi connectivity index (χ2n) is 6.01. The molecule has 0 spiro atoms. The predicted molar refractivity (Wildman–Crippen MR) is 97.3 cm³/mol. The average molecular weight is 348 g/mol. The Morgan fingerprint density at radius 1 is 1.27 bits per heavy atom. The van der Waals surface area contributed by atoms with Crippen LogP contribution in [-0.4, -0.2) is 38.0 Å². The van der Waals surface area contributed by atoms with E-state index in [0.29, 0.717) is 6.54 Å². The van der Waals surface area contributed by atoms with E-state index in [1.54, 1.807) is 0 Å². The number of carbonyl (C=O) groups excluding carboxylic acids is 1. The summed E-state index contributed by atoms with van der Waals surface area (Å²) in [7, 11) is 4.08. The molecule has 1 fully saturated rings. The summed E-state index contributed by atoms with van der Waals surface area (Å²) in [5.74, 6) is 0.837. The van der Waals surface area contributed by atoms with E-state index >= 15 is 0 Å². The van der Waals surface area contributed by atoms with Crippen LogP contribution < -0.4 is 10.6 Å². The maximum absolute atomic E-state index is 11.9. The molecule has 0 atom stereocenters. The Balaban J connectivity index is 0.00000220. The van der Waals surface area contributed by atoms with Crippen LogP contribution in [0.15, 0.2) is 18.2 Å². The number of halogens is 2. The van der Waals surface area contributed by atoms with Crippen LogP contribution in [-0.2, 0) is 11.3 Å². The molecule has 1 saturated carbocycles. The fraction of sp³-hybridized carbons (Fsp3) is 0.562. The number of nitrogens with zero attached hydrogens (tertiary/aromatic N) is 1. The first-order valence-corrected chi connectivity index (χ1v) is 7.29. The van der Waals surface area contributed by atoms with E-state index in [9.17, 15) is 4.79 Å². The smallest absolute Gasteiger partial charge is 0.238 e. The Hall–Kier alpha value is -0.810. The lowest BCUT2D eigenvalue weighted by Crippen LogP contribution is -2.29. The number of anilines is 1. The van der Waals surface area contributed by atoms with Crippen LogP contribution in [0.2, 0.25) is 0 Å². The van der Waals surface area contributed by atoms with Crippen molar-refractivity contribution in [3.05, 3.63) is 29.3 Å². The van der Waals surface area contributed by atoms with Gasteiger partial charge in [-0.05, 0) is 63.5 Å². The van der Waals surface area contributed by atoms with E-state index in [0.717, 1.165) is 30.3 Å². The van der Waals surface area contributed by atoms with Crippen LogP contribution in [0.1, 0.15) is 24.0 Å². The maximum Gasteiger partial charge on any atom is 0.238 e. The highest BCUT2D eigenvalue weighted by Gasteiger charge is 2.20. The third kappa shape index (κ3) is 7.45. The van der Waals surface area contributed by atoms with E-state index in [2.05, 4.69) is 33.7 Å². The zero-order valence-electron chi connectivity index (χ0n) is 13.5. The van der Waals surface area contributed by atoms with E-state index in [1.807, 2.05) is 21.0 Å². The maximum atomic E-state index is 11.9. The molecular formula is C16H27Cl2N3O. The summed E-state index contributed by atoms with van der Waals surface area (Å²) >= 11 is 0. The topological polar surface area (TPSA) is 44.4 Å². The van der Waals surface area contributed by atoms with Crippen LogP contribution in [0.4, 0.5) is 5.69 Å². The monoisotopic (exact) mass is 347 g/mol. The Labute approximate surface area is 145 Å². The van der Waals surface area contributed by atoms with Crippen LogP contribution in [0.25, 0.3) is 0 Å². The number of amides is 1. The minimum Gasteiger partial charge on any atom is -0.325 e. The molecule has 6 heteroatoms. The van der Waals surface area contributed by atoms with Crippen LogP contribution in [0.3, 0.4) is 0 Å². The second-order valence-corrected chi connectivity index (χ2v) is 6.01. The molecular weight excluding hydrogens is 321 g/mol. The van der Waals surface area contributed by atoms with E-state index in [4.69, 9.17) is 0 Å². The first-order valence-electron chi connectivity index (χ1n) is 7.29. The molecule has 1 aliphatic carbocycles. The average Bonchev–Trinajstić information content (AvgIpc) is 3.17. The van der Waals surface area contributed by atoms with E-state index in [1.165, 1.54) is 18.4 Å². The van der Waals surface area contributed by atoms with Gasteiger partial charge in [-0.2, -0.15) is 0 Å². The number of rotatable bonds is 7. The van der Waals surface area contributed by atoms with Gasteiger partial charge >= 0.3 is 0 Å². The normalized spacial score (nSPS) is 13.3. The zero-order valence-corrected chi connectivity index (χ0v) is 15.1. The van der Waals surface area contributed by atoms with Gasteiger partial charge in [-0.15, -0.1) is 24.8 Å².